The van der Waals surface area contributed by atoms with Crippen molar-refractivity contribution in [2.24, 2.45) is 28.8 Å². The summed E-state index contributed by atoms with van der Waals surface area (Å²) in [7, 11) is 0. The molecule has 0 spiro atoms. The molecule has 4 atom stereocenters. The molecular weight excluding hydrogens is 396 g/mol. The highest BCUT2D eigenvalue weighted by molar-refractivity contribution is 9.10. The monoisotopic (exact) mass is 414 g/mol. The third-order valence-electron chi connectivity index (χ3n) is 5.38. The summed E-state index contributed by atoms with van der Waals surface area (Å²) in [5.74, 6) is 0.0932. The Labute approximate surface area is 160 Å². The molecule has 6 heteroatoms. The van der Waals surface area contributed by atoms with E-state index in [2.05, 4.69) is 39.8 Å². The van der Waals surface area contributed by atoms with Gasteiger partial charge in [-0.3, -0.25) is 9.59 Å². The average molecular weight is 415 g/mol. The molecule has 0 N–H and O–H groups in total. The van der Waals surface area contributed by atoms with E-state index in [0.717, 1.165) is 22.3 Å². The van der Waals surface area contributed by atoms with E-state index in [9.17, 15) is 9.59 Å². The van der Waals surface area contributed by atoms with Crippen LogP contribution in [0.15, 0.2) is 52.6 Å². The third kappa shape index (κ3) is 2.82. The molecule has 3 aliphatic carbocycles. The maximum absolute atomic E-state index is 12.8. The van der Waals surface area contributed by atoms with Crippen molar-refractivity contribution in [1.29, 1.82) is 0 Å². The first-order valence-electron chi connectivity index (χ1n) is 8.73. The maximum Gasteiger partial charge on any atom is 0.254 e. The lowest BCUT2D eigenvalue weighted by molar-refractivity contribution is -0.140. The highest BCUT2D eigenvalue weighted by Crippen LogP contribution is 2.49. The van der Waals surface area contributed by atoms with Crippen molar-refractivity contribution in [3.63, 3.8) is 0 Å². The summed E-state index contributed by atoms with van der Waals surface area (Å²) in [4.78, 5) is 25.6. The van der Waals surface area contributed by atoms with Gasteiger partial charge in [0.05, 0.1) is 18.1 Å². The number of nitrogens with zero attached hydrogens (tertiary/aromatic N) is 2. The van der Waals surface area contributed by atoms with Crippen molar-refractivity contribution in [2.45, 2.75) is 12.8 Å². The molecule has 1 aromatic carbocycles. The number of imide groups is 1. The summed E-state index contributed by atoms with van der Waals surface area (Å²) >= 11 is 3.42. The Morgan fingerprint density at radius 3 is 2.42 bits per heavy atom. The van der Waals surface area contributed by atoms with E-state index in [-0.39, 0.29) is 35.5 Å². The zero-order chi connectivity index (χ0) is 18.3. The van der Waals surface area contributed by atoms with Crippen molar-refractivity contribution in [3.8, 4) is 5.75 Å². The first-order chi connectivity index (χ1) is 12.6. The predicted molar refractivity (Wildman–Crippen MR) is 102 cm³/mol. The van der Waals surface area contributed by atoms with Crippen LogP contribution in [-0.2, 0) is 9.59 Å². The Kier molecular flexibility index (Phi) is 4.53. The Morgan fingerprint density at radius 2 is 1.85 bits per heavy atom. The van der Waals surface area contributed by atoms with E-state index >= 15 is 0 Å². The minimum atomic E-state index is -0.248. The second-order valence-electron chi connectivity index (χ2n) is 6.86. The van der Waals surface area contributed by atoms with Crippen molar-refractivity contribution in [2.75, 3.05) is 6.61 Å². The summed E-state index contributed by atoms with van der Waals surface area (Å²) < 4.78 is 6.48. The van der Waals surface area contributed by atoms with Gasteiger partial charge in [0.2, 0.25) is 0 Å². The van der Waals surface area contributed by atoms with Gasteiger partial charge in [-0.25, -0.2) is 0 Å². The normalized spacial score (nSPS) is 29.5. The number of benzene rings is 1. The number of fused-ring (bicyclic) bond motifs is 1. The van der Waals surface area contributed by atoms with Gasteiger partial charge >= 0.3 is 0 Å². The summed E-state index contributed by atoms with van der Waals surface area (Å²) in [6.07, 6.45) is 9.33. The third-order valence-corrected chi connectivity index (χ3v) is 5.87. The summed E-state index contributed by atoms with van der Waals surface area (Å²) in [6.45, 7) is 4.01. The molecule has 1 aromatic rings. The van der Waals surface area contributed by atoms with E-state index in [4.69, 9.17) is 4.74 Å². The van der Waals surface area contributed by atoms with Crippen molar-refractivity contribution < 1.29 is 14.3 Å². The number of halogens is 1. The molecule has 1 aliphatic heterocycles. The number of ether oxygens (including phenoxy) is 1. The van der Waals surface area contributed by atoms with Gasteiger partial charge in [-0.15, -0.1) is 0 Å². The minimum absolute atomic E-state index is 0.166. The van der Waals surface area contributed by atoms with Crippen LogP contribution in [0.1, 0.15) is 18.4 Å². The van der Waals surface area contributed by atoms with Crippen LogP contribution in [0.3, 0.4) is 0 Å². The number of hydrazone groups is 1. The summed E-state index contributed by atoms with van der Waals surface area (Å²) in [6, 6.07) is 5.51. The number of hydrogen-bond acceptors (Lipinski definition) is 4. The van der Waals surface area contributed by atoms with Gasteiger partial charge in [-0.05, 0) is 42.9 Å². The number of allylic oxidation sites excluding steroid dienone is 2. The van der Waals surface area contributed by atoms with Gasteiger partial charge in [-0.1, -0.05) is 40.7 Å². The number of hydrogen-bond donors (Lipinski definition) is 0. The first-order valence-corrected chi connectivity index (χ1v) is 9.53. The molecule has 5 nitrogen and oxygen atoms in total. The van der Waals surface area contributed by atoms with Gasteiger partial charge in [0.25, 0.3) is 11.8 Å². The zero-order valence-corrected chi connectivity index (χ0v) is 15.8. The molecule has 4 aliphatic rings. The van der Waals surface area contributed by atoms with E-state index in [1.165, 1.54) is 6.21 Å². The van der Waals surface area contributed by atoms with Gasteiger partial charge in [0.1, 0.15) is 12.4 Å². The fourth-order valence-electron chi connectivity index (χ4n) is 4.19. The molecular formula is C20H19BrN2O3. The van der Waals surface area contributed by atoms with Crippen LogP contribution < -0.4 is 4.74 Å². The van der Waals surface area contributed by atoms with E-state index in [0.29, 0.717) is 17.9 Å². The van der Waals surface area contributed by atoms with Crippen LogP contribution in [-0.4, -0.2) is 29.6 Å². The van der Waals surface area contributed by atoms with Crippen LogP contribution in [0.25, 0.3) is 0 Å². The Balaban J connectivity index is 1.60. The second-order valence-corrected chi connectivity index (χ2v) is 7.77. The van der Waals surface area contributed by atoms with Gasteiger partial charge < -0.3 is 4.74 Å². The largest absolute Gasteiger partial charge is 0.489 e. The Morgan fingerprint density at radius 1 is 1.19 bits per heavy atom. The zero-order valence-electron chi connectivity index (χ0n) is 14.2. The standard InChI is InChI=1S/C20H19BrN2O3/c1-2-9-26-16-8-7-15(21)10-14(16)11-22-23-19(24)17-12-3-4-13(6-5-12)18(17)20(23)25/h2-4,7-8,10-13,17-18H,1,5-6,9H2/b22-11-/t12-,13+,17-,18-/m0/s1. The van der Waals surface area contributed by atoms with Crippen LogP contribution >= 0.6 is 15.9 Å². The highest BCUT2D eigenvalue weighted by Gasteiger charge is 2.56. The van der Waals surface area contributed by atoms with Crippen molar-refractivity contribution in [1.82, 2.24) is 5.01 Å². The molecule has 1 heterocycles. The van der Waals surface area contributed by atoms with Gasteiger partial charge in [0.15, 0.2) is 0 Å². The highest BCUT2D eigenvalue weighted by atomic mass is 79.9. The fourth-order valence-corrected chi connectivity index (χ4v) is 4.57. The Bertz CT molecular complexity index is 800. The molecule has 2 bridgehead atoms. The predicted octanol–water partition coefficient (Wildman–Crippen LogP) is 3.55. The molecule has 26 heavy (non-hydrogen) atoms. The molecule has 2 fully saturated rings. The SMILES string of the molecule is C=CCOc1ccc(Br)cc1/C=N\N1C(=O)[C@@H]2[C@@H](C1=O)[C@H]1C=C[C@@H]2CC1. The topological polar surface area (TPSA) is 59.0 Å². The van der Waals surface area contributed by atoms with E-state index in [1.54, 1.807) is 6.08 Å². The van der Waals surface area contributed by atoms with Crippen LogP contribution in [0.4, 0.5) is 0 Å². The number of rotatable bonds is 5. The molecule has 1 saturated heterocycles. The fraction of sp³-hybridized carbons (Fsp3) is 0.350. The quantitative estimate of drug-likeness (QED) is 0.420. The minimum Gasteiger partial charge on any atom is -0.489 e. The van der Waals surface area contributed by atoms with Crippen molar-refractivity contribution in [3.05, 3.63) is 53.0 Å². The molecule has 134 valence electrons. The van der Waals surface area contributed by atoms with Crippen LogP contribution in [0.2, 0.25) is 0 Å². The molecule has 0 radical (unpaired) electrons. The number of carbonyl (C=O) groups excluding carboxylic acids is 2. The lowest BCUT2D eigenvalue weighted by atomic mass is 9.63. The van der Waals surface area contributed by atoms with E-state index < -0.39 is 0 Å². The second kappa shape index (κ2) is 6.83. The lowest BCUT2D eigenvalue weighted by Crippen LogP contribution is -2.38. The molecule has 2 amide bonds. The van der Waals surface area contributed by atoms with Crippen LogP contribution in [0.5, 0.6) is 5.75 Å². The molecule has 1 saturated carbocycles. The van der Waals surface area contributed by atoms with Gasteiger partial charge in [0, 0.05) is 10.0 Å². The number of amides is 2. The average Bonchev–Trinajstić information content (AvgIpc) is 2.93. The van der Waals surface area contributed by atoms with Crippen molar-refractivity contribution >= 4 is 34.0 Å². The van der Waals surface area contributed by atoms with Gasteiger partial charge in [-0.2, -0.15) is 10.1 Å². The lowest BCUT2D eigenvalue weighted by Gasteiger charge is -2.37. The molecule has 0 aromatic heterocycles. The maximum atomic E-state index is 12.8. The molecule has 5 rings (SSSR count). The first kappa shape index (κ1) is 17.2. The Hall–Kier alpha value is -2.21. The smallest absolute Gasteiger partial charge is 0.254 e. The van der Waals surface area contributed by atoms with E-state index in [1.807, 2.05) is 18.2 Å². The summed E-state index contributed by atoms with van der Waals surface area (Å²) in [5.41, 5.74) is 0.692. The summed E-state index contributed by atoms with van der Waals surface area (Å²) in [5, 5.41) is 5.30. The molecule has 0 unspecified atom stereocenters. The van der Waals surface area contributed by atoms with Crippen LogP contribution in [0, 0.1) is 23.7 Å². The number of carbonyl (C=O) groups is 2.